The molecule has 1 aliphatic carbocycles. The molecule has 13 heteroatoms. The summed E-state index contributed by atoms with van der Waals surface area (Å²) in [4.78, 5) is 65.5. The Labute approximate surface area is 282 Å². The number of fused-ring (bicyclic) bond motifs is 3. The monoisotopic (exact) mass is 675 g/mol. The van der Waals surface area contributed by atoms with Crippen LogP contribution in [0.4, 0.5) is 4.79 Å². The van der Waals surface area contributed by atoms with E-state index in [0.29, 0.717) is 29.6 Å². The van der Waals surface area contributed by atoms with Gasteiger partial charge in [-0.2, -0.15) is 0 Å². The number of hydrogen-bond acceptors (Lipinski definition) is 9. The average Bonchev–Trinajstić information content (AvgIpc) is 3.34. The number of thiophene rings is 1. The standard InChI is InChI=1S/C35H41N5O7S/c1-34(2,3)47-33(45)38-25-15-8-6-4-5-7-12-21-19-35(21,32(43)44)39-29(41)26-18-22(20-40(26)31(25)42)46-30-28(27-16-11-17-48-27)36-23-13-9-10-14-24(23)37-30/h7,9-14,16-17,21-22,25-26H,4-6,8,15,18-20H2,1-3H3,(H,38,45)(H,39,41)(H,43,44)/b12-7-/t21-,22-,25+,26+,35?/m1/s1. The topological polar surface area (TPSA) is 160 Å². The van der Waals surface area contributed by atoms with E-state index >= 15 is 0 Å². The van der Waals surface area contributed by atoms with Gasteiger partial charge in [0.05, 0.1) is 22.5 Å². The van der Waals surface area contributed by atoms with E-state index in [1.54, 1.807) is 20.8 Å². The smallest absolute Gasteiger partial charge is 0.408 e. The summed E-state index contributed by atoms with van der Waals surface area (Å²) in [6.07, 6.45) is 6.18. The van der Waals surface area contributed by atoms with Crippen LogP contribution in [0.3, 0.4) is 0 Å². The number of benzene rings is 1. The lowest BCUT2D eigenvalue weighted by atomic mass is 10.0. The van der Waals surface area contributed by atoms with Crippen LogP contribution in [0.5, 0.6) is 5.88 Å². The van der Waals surface area contributed by atoms with Crippen molar-refractivity contribution < 1.29 is 33.8 Å². The van der Waals surface area contributed by atoms with Crippen molar-refractivity contribution in [2.75, 3.05) is 6.54 Å². The van der Waals surface area contributed by atoms with Gasteiger partial charge >= 0.3 is 12.1 Å². The van der Waals surface area contributed by atoms with Gasteiger partial charge in [0, 0.05) is 12.3 Å². The summed E-state index contributed by atoms with van der Waals surface area (Å²) in [5, 5.41) is 17.6. The number of carbonyl (C=O) groups excluding carboxylic acids is 3. The van der Waals surface area contributed by atoms with E-state index in [-0.39, 0.29) is 31.2 Å². The van der Waals surface area contributed by atoms with Gasteiger partial charge in [-0.15, -0.1) is 11.3 Å². The summed E-state index contributed by atoms with van der Waals surface area (Å²) >= 11 is 1.49. The molecule has 3 aromatic rings. The maximum absolute atomic E-state index is 14.3. The molecule has 1 unspecified atom stereocenters. The molecule has 1 saturated carbocycles. The Morgan fingerprint density at radius 1 is 1.08 bits per heavy atom. The quantitative estimate of drug-likeness (QED) is 0.314. The molecule has 0 spiro atoms. The van der Waals surface area contributed by atoms with Gasteiger partial charge in [-0.25, -0.2) is 19.6 Å². The molecular weight excluding hydrogens is 634 g/mol. The van der Waals surface area contributed by atoms with Crippen LogP contribution < -0.4 is 15.4 Å². The van der Waals surface area contributed by atoms with Crippen molar-refractivity contribution in [2.45, 2.75) is 95.0 Å². The molecule has 12 nitrogen and oxygen atoms in total. The third-order valence-electron chi connectivity index (χ3n) is 8.88. The number of carboxylic acids is 1. The number of allylic oxidation sites excluding steroid dienone is 1. The van der Waals surface area contributed by atoms with Crippen LogP contribution in [0.25, 0.3) is 21.6 Å². The number of alkyl carbamates (subject to hydrolysis) is 1. The fraction of sp³-hybridized carbons (Fsp3) is 0.486. The number of carboxylic acid groups (broad SMARTS) is 1. The van der Waals surface area contributed by atoms with Gasteiger partial charge in [0.15, 0.2) is 0 Å². The fourth-order valence-electron chi connectivity index (χ4n) is 6.39. The van der Waals surface area contributed by atoms with E-state index in [4.69, 9.17) is 19.4 Å². The molecule has 1 aromatic carbocycles. The molecule has 6 rings (SSSR count). The number of hydrogen-bond donors (Lipinski definition) is 3. The minimum Gasteiger partial charge on any atom is -0.479 e. The van der Waals surface area contributed by atoms with Gasteiger partial charge in [0.25, 0.3) is 0 Å². The molecule has 2 aliphatic heterocycles. The molecule has 3 amide bonds. The van der Waals surface area contributed by atoms with Crippen molar-refractivity contribution in [2.24, 2.45) is 5.92 Å². The Balaban J connectivity index is 1.32. The van der Waals surface area contributed by atoms with Crippen LogP contribution in [0.1, 0.15) is 65.7 Å². The SMILES string of the molecule is CC(C)(C)OC(=O)N[C@H]1CCCCC/C=C\[C@@H]2CC2(C(=O)O)NC(=O)[C@@H]2C[C@@H](Oc3nc4ccccc4nc3-c3cccs3)CN2C1=O. The molecular formula is C35H41N5O7S. The van der Waals surface area contributed by atoms with E-state index in [1.165, 1.54) is 16.2 Å². The zero-order valence-corrected chi connectivity index (χ0v) is 28.1. The maximum Gasteiger partial charge on any atom is 0.408 e. The van der Waals surface area contributed by atoms with Gasteiger partial charge in [0.1, 0.15) is 35.0 Å². The molecule has 0 radical (unpaired) electrons. The van der Waals surface area contributed by atoms with Crippen molar-refractivity contribution in [1.29, 1.82) is 0 Å². The highest BCUT2D eigenvalue weighted by atomic mass is 32.1. The van der Waals surface area contributed by atoms with Crippen LogP contribution in [0.15, 0.2) is 53.9 Å². The minimum absolute atomic E-state index is 0.0191. The average molecular weight is 676 g/mol. The second-order valence-corrected chi connectivity index (χ2v) is 14.6. The second-order valence-electron chi connectivity index (χ2n) is 13.7. The summed E-state index contributed by atoms with van der Waals surface area (Å²) in [5.41, 5.74) is -0.337. The van der Waals surface area contributed by atoms with Crippen molar-refractivity contribution >= 4 is 46.2 Å². The number of para-hydroxylation sites is 2. The first-order valence-electron chi connectivity index (χ1n) is 16.4. The van der Waals surface area contributed by atoms with Gasteiger partial charge in [-0.3, -0.25) is 9.59 Å². The predicted octanol–water partition coefficient (Wildman–Crippen LogP) is 5.08. The summed E-state index contributed by atoms with van der Waals surface area (Å²) < 4.78 is 12.0. The van der Waals surface area contributed by atoms with Gasteiger partial charge in [-0.05, 0) is 70.0 Å². The number of nitrogens with zero attached hydrogens (tertiary/aromatic N) is 3. The van der Waals surface area contributed by atoms with Crippen LogP contribution in [-0.2, 0) is 19.1 Å². The lowest BCUT2D eigenvalue weighted by Gasteiger charge is -2.30. The van der Waals surface area contributed by atoms with Gasteiger partial charge in [0.2, 0.25) is 17.7 Å². The van der Waals surface area contributed by atoms with Crippen LogP contribution >= 0.6 is 11.3 Å². The molecule has 254 valence electrons. The lowest BCUT2D eigenvalue weighted by molar-refractivity contribution is -0.145. The summed E-state index contributed by atoms with van der Waals surface area (Å²) in [5.74, 6) is -2.23. The number of ether oxygens (including phenoxy) is 2. The predicted molar refractivity (Wildman–Crippen MR) is 179 cm³/mol. The number of carbonyl (C=O) groups is 4. The summed E-state index contributed by atoms with van der Waals surface area (Å²) in [7, 11) is 0. The molecule has 2 aromatic heterocycles. The highest BCUT2D eigenvalue weighted by Gasteiger charge is 2.61. The molecule has 2 fully saturated rings. The number of amides is 3. The third kappa shape index (κ3) is 7.30. The largest absolute Gasteiger partial charge is 0.479 e. The van der Waals surface area contributed by atoms with Crippen molar-refractivity contribution in [1.82, 2.24) is 25.5 Å². The molecule has 48 heavy (non-hydrogen) atoms. The highest BCUT2D eigenvalue weighted by molar-refractivity contribution is 7.13. The summed E-state index contributed by atoms with van der Waals surface area (Å²) in [6, 6.07) is 9.27. The minimum atomic E-state index is -1.44. The van der Waals surface area contributed by atoms with E-state index in [2.05, 4.69) is 10.6 Å². The Bertz CT molecular complexity index is 1720. The Kier molecular flexibility index (Phi) is 9.41. The fourth-order valence-corrected chi connectivity index (χ4v) is 7.10. The Morgan fingerprint density at radius 2 is 1.85 bits per heavy atom. The first kappa shape index (κ1) is 33.4. The van der Waals surface area contributed by atoms with Crippen molar-refractivity contribution in [3.8, 4) is 16.5 Å². The van der Waals surface area contributed by atoms with Crippen LogP contribution in [0, 0.1) is 5.92 Å². The molecule has 0 bridgehead atoms. The zero-order chi connectivity index (χ0) is 34.1. The van der Waals surface area contributed by atoms with Gasteiger partial charge < -0.3 is 30.1 Å². The first-order valence-corrected chi connectivity index (χ1v) is 17.3. The summed E-state index contributed by atoms with van der Waals surface area (Å²) in [6.45, 7) is 5.24. The maximum atomic E-state index is 14.3. The number of rotatable bonds is 5. The number of nitrogens with one attached hydrogen (secondary N) is 2. The first-order chi connectivity index (χ1) is 22.9. The Morgan fingerprint density at radius 3 is 2.56 bits per heavy atom. The molecule has 3 N–H and O–H groups in total. The molecule has 3 aliphatic rings. The van der Waals surface area contributed by atoms with Crippen molar-refractivity contribution in [3.05, 3.63) is 53.9 Å². The van der Waals surface area contributed by atoms with E-state index in [1.807, 2.05) is 53.9 Å². The second kappa shape index (κ2) is 13.5. The van der Waals surface area contributed by atoms with E-state index < -0.39 is 53.2 Å². The lowest BCUT2D eigenvalue weighted by Crippen LogP contribution is -2.56. The third-order valence-corrected chi connectivity index (χ3v) is 9.76. The molecule has 5 atom stereocenters. The Hall–Kier alpha value is -4.52. The van der Waals surface area contributed by atoms with E-state index in [0.717, 1.165) is 24.1 Å². The molecule has 1 saturated heterocycles. The highest BCUT2D eigenvalue weighted by Crippen LogP contribution is 2.45. The normalized spacial score (nSPS) is 27.1. The van der Waals surface area contributed by atoms with Crippen LogP contribution in [-0.4, -0.2) is 79.7 Å². The van der Waals surface area contributed by atoms with Gasteiger partial charge in [-0.1, -0.05) is 43.2 Å². The number of aliphatic carboxylic acids is 1. The van der Waals surface area contributed by atoms with Crippen LogP contribution in [0.2, 0.25) is 0 Å². The zero-order valence-electron chi connectivity index (χ0n) is 27.3. The van der Waals surface area contributed by atoms with E-state index in [9.17, 15) is 24.3 Å². The van der Waals surface area contributed by atoms with Crippen molar-refractivity contribution in [3.63, 3.8) is 0 Å². The number of aromatic nitrogens is 2. The molecule has 4 heterocycles.